The van der Waals surface area contributed by atoms with Crippen LogP contribution in [0.15, 0.2) is 42.5 Å². The topological polar surface area (TPSA) is 72.9 Å². The first-order chi connectivity index (χ1) is 13.3. The van der Waals surface area contributed by atoms with Crippen LogP contribution in [0.2, 0.25) is 0 Å². The molecule has 28 heavy (non-hydrogen) atoms. The fraction of sp³-hybridized carbons (Fsp3) is 0.364. The molecule has 1 saturated heterocycles. The molecule has 0 bridgehead atoms. The SMILES string of the molecule is CN1CCN(c2cccc(C3Nc4ccc(C(=O)O)cc4CC3(C)C)c2)C1=O. The number of carbonyl (C=O) groups excluding carboxylic acids is 1. The summed E-state index contributed by atoms with van der Waals surface area (Å²) in [4.78, 5) is 27.2. The minimum absolute atomic E-state index is 0.0274. The van der Waals surface area contributed by atoms with Gasteiger partial charge in [-0.1, -0.05) is 26.0 Å². The molecule has 0 aromatic heterocycles. The smallest absolute Gasteiger partial charge is 0.335 e. The highest BCUT2D eigenvalue weighted by atomic mass is 16.4. The number of anilines is 2. The maximum atomic E-state index is 12.4. The number of hydrogen-bond donors (Lipinski definition) is 2. The quantitative estimate of drug-likeness (QED) is 0.846. The van der Waals surface area contributed by atoms with Gasteiger partial charge in [0.15, 0.2) is 0 Å². The first-order valence-electron chi connectivity index (χ1n) is 9.51. The number of urea groups is 1. The molecule has 1 unspecified atom stereocenters. The first-order valence-corrected chi connectivity index (χ1v) is 9.51. The van der Waals surface area contributed by atoms with Gasteiger partial charge in [-0.25, -0.2) is 9.59 Å². The summed E-state index contributed by atoms with van der Waals surface area (Å²) in [6.45, 7) is 5.79. The number of carboxylic acid groups (broad SMARTS) is 1. The van der Waals surface area contributed by atoms with Gasteiger partial charge < -0.3 is 15.3 Å². The number of fused-ring (bicyclic) bond motifs is 1. The van der Waals surface area contributed by atoms with Gasteiger partial charge in [0.05, 0.1) is 11.6 Å². The summed E-state index contributed by atoms with van der Waals surface area (Å²) in [5.74, 6) is -0.907. The molecular weight excluding hydrogens is 354 g/mol. The zero-order valence-electron chi connectivity index (χ0n) is 16.4. The molecule has 0 spiro atoms. The Balaban J connectivity index is 1.67. The van der Waals surface area contributed by atoms with Crippen molar-refractivity contribution in [2.45, 2.75) is 26.3 Å². The molecule has 1 fully saturated rings. The average Bonchev–Trinajstić information content (AvgIpc) is 2.99. The van der Waals surface area contributed by atoms with Gasteiger partial charge in [0.2, 0.25) is 0 Å². The van der Waals surface area contributed by atoms with Gasteiger partial charge in [-0.2, -0.15) is 0 Å². The van der Waals surface area contributed by atoms with Crippen molar-refractivity contribution >= 4 is 23.4 Å². The predicted molar refractivity (Wildman–Crippen MR) is 109 cm³/mol. The zero-order chi connectivity index (χ0) is 20.1. The van der Waals surface area contributed by atoms with Crippen molar-refractivity contribution in [1.29, 1.82) is 0 Å². The van der Waals surface area contributed by atoms with E-state index in [0.29, 0.717) is 12.1 Å². The monoisotopic (exact) mass is 379 g/mol. The third kappa shape index (κ3) is 3.09. The van der Waals surface area contributed by atoms with Crippen LogP contribution in [0.1, 0.15) is 41.4 Å². The van der Waals surface area contributed by atoms with Crippen LogP contribution in [0.5, 0.6) is 0 Å². The molecule has 2 aliphatic heterocycles. The highest BCUT2D eigenvalue weighted by Crippen LogP contribution is 2.45. The van der Waals surface area contributed by atoms with Gasteiger partial charge in [-0.05, 0) is 53.3 Å². The average molecular weight is 379 g/mol. The van der Waals surface area contributed by atoms with E-state index in [1.807, 2.05) is 30.1 Å². The second-order valence-corrected chi connectivity index (χ2v) is 8.37. The maximum absolute atomic E-state index is 12.4. The third-order valence-corrected chi connectivity index (χ3v) is 5.81. The summed E-state index contributed by atoms with van der Waals surface area (Å²) >= 11 is 0. The van der Waals surface area contributed by atoms with Crippen molar-refractivity contribution < 1.29 is 14.7 Å². The Morgan fingerprint density at radius 2 is 1.96 bits per heavy atom. The van der Waals surface area contributed by atoms with Crippen molar-refractivity contribution in [3.8, 4) is 0 Å². The lowest BCUT2D eigenvalue weighted by atomic mass is 9.72. The molecule has 0 radical (unpaired) electrons. The number of carbonyl (C=O) groups is 2. The Kier molecular flexibility index (Phi) is 4.29. The maximum Gasteiger partial charge on any atom is 0.335 e. The molecule has 2 N–H and O–H groups in total. The number of likely N-dealkylation sites (N-methyl/N-ethyl adjacent to an activating group) is 1. The Bertz CT molecular complexity index is 954. The lowest BCUT2D eigenvalue weighted by Gasteiger charge is -2.41. The van der Waals surface area contributed by atoms with Gasteiger partial charge in [0.1, 0.15) is 0 Å². The van der Waals surface area contributed by atoms with Gasteiger partial charge in [0.25, 0.3) is 0 Å². The molecule has 2 heterocycles. The largest absolute Gasteiger partial charge is 0.478 e. The standard InChI is InChI=1S/C22H25N3O3/c1-22(2)13-16-11-15(20(26)27)7-8-18(16)23-19(22)14-5-4-6-17(12-14)25-10-9-24(3)21(25)28/h4-8,11-12,19,23H,9-10,13H2,1-3H3,(H,26,27). The number of rotatable bonds is 3. The Morgan fingerprint density at radius 1 is 1.18 bits per heavy atom. The van der Waals surface area contributed by atoms with E-state index in [1.165, 1.54) is 0 Å². The van der Waals surface area contributed by atoms with Crippen molar-refractivity contribution in [2.24, 2.45) is 5.41 Å². The van der Waals surface area contributed by atoms with E-state index >= 15 is 0 Å². The molecule has 2 aromatic carbocycles. The Morgan fingerprint density at radius 3 is 2.64 bits per heavy atom. The summed E-state index contributed by atoms with van der Waals surface area (Å²) in [5.41, 5.74) is 4.22. The van der Waals surface area contributed by atoms with Crippen LogP contribution >= 0.6 is 0 Å². The summed E-state index contributed by atoms with van der Waals surface area (Å²) in [7, 11) is 1.82. The first kappa shape index (κ1) is 18.3. The number of aromatic carboxylic acids is 1. The van der Waals surface area contributed by atoms with E-state index < -0.39 is 5.97 Å². The summed E-state index contributed by atoms with van der Waals surface area (Å²) < 4.78 is 0. The van der Waals surface area contributed by atoms with Crippen molar-refractivity contribution in [2.75, 3.05) is 30.4 Å². The predicted octanol–water partition coefficient (Wildman–Crippen LogP) is 3.99. The second-order valence-electron chi connectivity index (χ2n) is 8.37. The normalized spacial score (nSPS) is 20.7. The molecule has 0 saturated carbocycles. The molecule has 6 heteroatoms. The second kappa shape index (κ2) is 6.55. The number of nitrogens with one attached hydrogen (secondary N) is 1. The van der Waals surface area contributed by atoms with Crippen LogP contribution in [-0.2, 0) is 6.42 Å². The Labute approximate surface area is 164 Å². The van der Waals surface area contributed by atoms with E-state index in [9.17, 15) is 14.7 Å². The van der Waals surface area contributed by atoms with E-state index in [1.54, 1.807) is 17.0 Å². The van der Waals surface area contributed by atoms with Gasteiger partial charge in [-0.3, -0.25) is 4.90 Å². The number of amides is 2. The highest BCUT2D eigenvalue weighted by Gasteiger charge is 2.37. The van der Waals surface area contributed by atoms with Crippen LogP contribution < -0.4 is 10.2 Å². The van der Waals surface area contributed by atoms with Crippen molar-refractivity contribution in [3.05, 3.63) is 59.2 Å². The van der Waals surface area contributed by atoms with Crippen LogP contribution in [0.25, 0.3) is 0 Å². The fourth-order valence-corrected chi connectivity index (χ4v) is 4.25. The minimum Gasteiger partial charge on any atom is -0.478 e. The van der Waals surface area contributed by atoms with Gasteiger partial charge >= 0.3 is 12.0 Å². The van der Waals surface area contributed by atoms with Crippen LogP contribution in [0, 0.1) is 5.41 Å². The Hall–Kier alpha value is -3.02. The molecule has 1 atom stereocenters. The van der Waals surface area contributed by atoms with Crippen molar-refractivity contribution in [1.82, 2.24) is 4.90 Å². The fourth-order valence-electron chi connectivity index (χ4n) is 4.25. The van der Waals surface area contributed by atoms with Crippen LogP contribution in [0.4, 0.5) is 16.2 Å². The number of hydrogen-bond acceptors (Lipinski definition) is 3. The van der Waals surface area contributed by atoms with E-state index in [-0.39, 0.29) is 17.5 Å². The van der Waals surface area contributed by atoms with Crippen molar-refractivity contribution in [3.63, 3.8) is 0 Å². The van der Waals surface area contributed by atoms with E-state index in [2.05, 4.69) is 31.3 Å². The number of carboxylic acids is 1. The van der Waals surface area contributed by atoms with Crippen LogP contribution in [0.3, 0.4) is 0 Å². The zero-order valence-corrected chi connectivity index (χ0v) is 16.4. The third-order valence-electron chi connectivity index (χ3n) is 5.81. The molecular formula is C22H25N3O3. The lowest BCUT2D eigenvalue weighted by molar-refractivity contribution is 0.0696. The molecule has 2 amide bonds. The molecule has 2 aromatic rings. The molecule has 0 aliphatic carbocycles. The number of nitrogens with zero attached hydrogens (tertiary/aromatic N) is 2. The summed E-state index contributed by atoms with van der Waals surface area (Å²) in [6.07, 6.45) is 0.775. The molecule has 4 rings (SSSR count). The summed E-state index contributed by atoms with van der Waals surface area (Å²) in [5, 5.41) is 12.9. The molecule has 146 valence electrons. The summed E-state index contributed by atoms with van der Waals surface area (Å²) in [6, 6.07) is 13.5. The van der Waals surface area contributed by atoms with Gasteiger partial charge in [-0.15, -0.1) is 0 Å². The lowest BCUT2D eigenvalue weighted by Crippen LogP contribution is -2.35. The molecule has 2 aliphatic rings. The molecule has 6 nitrogen and oxygen atoms in total. The highest BCUT2D eigenvalue weighted by molar-refractivity contribution is 5.94. The van der Waals surface area contributed by atoms with E-state index in [0.717, 1.165) is 35.5 Å². The minimum atomic E-state index is -0.907. The van der Waals surface area contributed by atoms with Crippen LogP contribution in [-0.4, -0.2) is 42.1 Å². The van der Waals surface area contributed by atoms with E-state index in [4.69, 9.17) is 0 Å². The number of benzene rings is 2. The van der Waals surface area contributed by atoms with Gasteiger partial charge in [0, 0.05) is 31.5 Å².